The summed E-state index contributed by atoms with van der Waals surface area (Å²) < 4.78 is 5.34. The van der Waals surface area contributed by atoms with Crippen LogP contribution in [0, 0.1) is 5.92 Å². The average molecular weight is 302 g/mol. The Morgan fingerprint density at radius 2 is 2.27 bits per heavy atom. The number of hydrogen-bond donors (Lipinski definition) is 0. The van der Waals surface area contributed by atoms with Crippen molar-refractivity contribution in [1.29, 1.82) is 0 Å². The van der Waals surface area contributed by atoms with Crippen LogP contribution in [0.5, 0.6) is 5.75 Å². The molecule has 1 atom stereocenters. The minimum Gasteiger partial charge on any atom is -0.496 e. The van der Waals surface area contributed by atoms with E-state index in [4.69, 9.17) is 4.74 Å². The van der Waals surface area contributed by atoms with Crippen LogP contribution in [-0.4, -0.2) is 56.5 Å². The van der Waals surface area contributed by atoms with E-state index in [1.807, 2.05) is 29.2 Å². The average Bonchev–Trinajstić information content (AvgIpc) is 2.94. The Hall–Kier alpha value is -1.81. The van der Waals surface area contributed by atoms with Gasteiger partial charge in [-0.25, -0.2) is 0 Å². The molecule has 1 heterocycles. The van der Waals surface area contributed by atoms with E-state index < -0.39 is 0 Å². The third-order valence-corrected chi connectivity index (χ3v) is 4.09. The second-order valence-corrected chi connectivity index (χ2v) is 6.19. The van der Waals surface area contributed by atoms with E-state index in [0.29, 0.717) is 12.3 Å². The number of carbonyl (C=O) groups excluding carboxylic acids is 1. The first-order valence-electron chi connectivity index (χ1n) is 7.77. The Labute approximate surface area is 133 Å². The Morgan fingerprint density at radius 3 is 2.91 bits per heavy atom. The summed E-state index contributed by atoms with van der Waals surface area (Å²) in [5, 5.41) is 0. The van der Waals surface area contributed by atoms with Gasteiger partial charge < -0.3 is 14.5 Å². The van der Waals surface area contributed by atoms with E-state index in [2.05, 4.69) is 25.6 Å². The first-order chi connectivity index (χ1) is 10.5. The minimum atomic E-state index is 0.120. The van der Waals surface area contributed by atoms with Gasteiger partial charge in [0.2, 0.25) is 0 Å². The van der Waals surface area contributed by atoms with Gasteiger partial charge in [-0.3, -0.25) is 4.79 Å². The summed E-state index contributed by atoms with van der Waals surface area (Å²) in [7, 11) is 5.81. The predicted molar refractivity (Wildman–Crippen MR) is 89.5 cm³/mol. The molecule has 1 amide bonds. The molecule has 1 fully saturated rings. The van der Waals surface area contributed by atoms with Crippen molar-refractivity contribution in [3.63, 3.8) is 0 Å². The zero-order valence-corrected chi connectivity index (χ0v) is 13.8. The fourth-order valence-electron chi connectivity index (χ4n) is 3.09. The second kappa shape index (κ2) is 7.45. The van der Waals surface area contributed by atoms with Gasteiger partial charge in [0.15, 0.2) is 0 Å². The maximum atomic E-state index is 12.7. The zero-order valence-electron chi connectivity index (χ0n) is 13.8. The lowest BCUT2D eigenvalue weighted by Gasteiger charge is -2.19. The van der Waals surface area contributed by atoms with E-state index in [-0.39, 0.29) is 5.91 Å². The maximum absolute atomic E-state index is 12.7. The van der Waals surface area contributed by atoms with Crippen molar-refractivity contribution < 1.29 is 9.53 Å². The highest BCUT2D eigenvalue weighted by molar-refractivity contribution is 5.94. The Kier molecular flexibility index (Phi) is 5.61. The Bertz CT molecular complexity index is 540. The van der Waals surface area contributed by atoms with Crippen LogP contribution in [0.1, 0.15) is 22.3 Å². The van der Waals surface area contributed by atoms with Crippen LogP contribution < -0.4 is 4.74 Å². The molecule has 4 heteroatoms. The highest BCUT2D eigenvalue weighted by Crippen LogP contribution is 2.24. The number of rotatable bonds is 6. The van der Waals surface area contributed by atoms with Crippen molar-refractivity contribution >= 4 is 5.91 Å². The van der Waals surface area contributed by atoms with Crippen molar-refractivity contribution in [1.82, 2.24) is 9.80 Å². The van der Waals surface area contributed by atoms with Gasteiger partial charge in [0.05, 0.1) is 7.11 Å². The molecule has 0 saturated carbocycles. The van der Waals surface area contributed by atoms with Gasteiger partial charge >= 0.3 is 0 Å². The maximum Gasteiger partial charge on any atom is 0.253 e. The Morgan fingerprint density at radius 1 is 1.50 bits per heavy atom. The van der Waals surface area contributed by atoms with E-state index in [1.165, 1.54) is 0 Å². The molecule has 0 unspecified atom stereocenters. The molecule has 22 heavy (non-hydrogen) atoms. The first kappa shape index (κ1) is 16.6. The summed E-state index contributed by atoms with van der Waals surface area (Å²) in [4.78, 5) is 16.8. The van der Waals surface area contributed by atoms with Gasteiger partial charge in [0, 0.05) is 25.2 Å². The van der Waals surface area contributed by atoms with E-state index in [0.717, 1.165) is 42.9 Å². The molecule has 0 aliphatic carbocycles. The molecule has 1 aliphatic rings. The molecule has 1 saturated heterocycles. The molecule has 0 radical (unpaired) electrons. The number of nitrogens with zero attached hydrogens (tertiary/aromatic N) is 2. The lowest BCUT2D eigenvalue weighted by molar-refractivity contribution is 0.0785. The van der Waals surface area contributed by atoms with Crippen LogP contribution in [0.15, 0.2) is 30.9 Å². The fraction of sp³-hybridized carbons (Fsp3) is 0.500. The summed E-state index contributed by atoms with van der Waals surface area (Å²) in [5.74, 6) is 1.50. The van der Waals surface area contributed by atoms with E-state index >= 15 is 0 Å². The van der Waals surface area contributed by atoms with E-state index in [1.54, 1.807) is 7.11 Å². The number of ether oxygens (including phenoxy) is 1. The van der Waals surface area contributed by atoms with Gasteiger partial charge in [-0.05, 0) is 56.6 Å². The van der Waals surface area contributed by atoms with Crippen LogP contribution in [0.3, 0.4) is 0 Å². The van der Waals surface area contributed by atoms with Crippen molar-refractivity contribution in [3.8, 4) is 5.75 Å². The van der Waals surface area contributed by atoms with Crippen LogP contribution in [0.25, 0.3) is 0 Å². The second-order valence-electron chi connectivity index (χ2n) is 6.19. The number of allylic oxidation sites excluding steroid dienone is 1. The molecular formula is C18H26N2O2. The van der Waals surface area contributed by atoms with E-state index in [9.17, 15) is 4.79 Å². The van der Waals surface area contributed by atoms with Crippen molar-refractivity contribution in [3.05, 3.63) is 42.0 Å². The predicted octanol–water partition coefficient (Wildman–Crippen LogP) is 2.45. The monoisotopic (exact) mass is 302 g/mol. The number of benzene rings is 1. The summed E-state index contributed by atoms with van der Waals surface area (Å²) in [6.07, 6.45) is 3.61. The third kappa shape index (κ3) is 3.89. The molecular weight excluding hydrogens is 276 g/mol. The van der Waals surface area contributed by atoms with Gasteiger partial charge in [-0.15, -0.1) is 6.58 Å². The van der Waals surface area contributed by atoms with Gasteiger partial charge in [-0.1, -0.05) is 6.08 Å². The standard InChI is InChI=1S/C18H26N2O2/c1-5-6-15-11-16(7-8-17(15)22-4)18(21)20-10-9-14(13-20)12-19(2)3/h5,7-8,11,14H,1,6,9-10,12-13H2,2-4H3/t14-/m1/s1. The quantitative estimate of drug-likeness (QED) is 0.757. The number of likely N-dealkylation sites (tertiary alicyclic amines) is 1. The summed E-state index contributed by atoms with van der Waals surface area (Å²) in [5.41, 5.74) is 1.75. The highest BCUT2D eigenvalue weighted by atomic mass is 16.5. The molecule has 1 aromatic carbocycles. The highest BCUT2D eigenvalue weighted by Gasteiger charge is 2.27. The Balaban J connectivity index is 2.10. The van der Waals surface area contributed by atoms with Crippen molar-refractivity contribution in [2.45, 2.75) is 12.8 Å². The third-order valence-electron chi connectivity index (χ3n) is 4.09. The summed E-state index contributed by atoms with van der Waals surface area (Å²) in [6.45, 7) is 6.50. The number of methoxy groups -OCH3 is 1. The van der Waals surface area contributed by atoms with Crippen LogP contribution >= 0.6 is 0 Å². The number of amides is 1. The lowest BCUT2D eigenvalue weighted by Crippen LogP contribution is -2.30. The topological polar surface area (TPSA) is 32.8 Å². The first-order valence-corrected chi connectivity index (χ1v) is 7.77. The van der Waals surface area contributed by atoms with Gasteiger partial charge in [0.1, 0.15) is 5.75 Å². The molecule has 0 bridgehead atoms. The normalized spacial score (nSPS) is 17.8. The molecule has 0 spiro atoms. The molecule has 0 aromatic heterocycles. The molecule has 120 valence electrons. The van der Waals surface area contributed by atoms with Crippen molar-refractivity contribution in [2.24, 2.45) is 5.92 Å². The van der Waals surface area contributed by atoms with Crippen LogP contribution in [0.4, 0.5) is 0 Å². The zero-order chi connectivity index (χ0) is 16.1. The molecule has 4 nitrogen and oxygen atoms in total. The van der Waals surface area contributed by atoms with Crippen molar-refractivity contribution in [2.75, 3.05) is 40.8 Å². The summed E-state index contributed by atoms with van der Waals surface area (Å²) >= 11 is 0. The number of hydrogen-bond acceptors (Lipinski definition) is 3. The smallest absolute Gasteiger partial charge is 0.253 e. The molecule has 0 N–H and O–H groups in total. The van der Waals surface area contributed by atoms with Crippen LogP contribution in [0.2, 0.25) is 0 Å². The largest absolute Gasteiger partial charge is 0.496 e. The minimum absolute atomic E-state index is 0.120. The van der Waals surface area contributed by atoms with Gasteiger partial charge in [-0.2, -0.15) is 0 Å². The molecule has 2 rings (SSSR count). The fourth-order valence-corrected chi connectivity index (χ4v) is 3.09. The van der Waals surface area contributed by atoms with Crippen LogP contribution in [-0.2, 0) is 6.42 Å². The molecule has 1 aliphatic heterocycles. The summed E-state index contributed by atoms with van der Waals surface area (Å²) in [6, 6.07) is 5.66. The molecule has 1 aromatic rings. The SMILES string of the molecule is C=CCc1cc(C(=O)N2CC[C@H](CN(C)C)C2)ccc1OC. The van der Waals surface area contributed by atoms with Gasteiger partial charge in [0.25, 0.3) is 5.91 Å². The number of carbonyl (C=O) groups is 1. The lowest BCUT2D eigenvalue weighted by atomic mass is 10.1.